The molecule has 0 aromatic heterocycles. The Kier molecular flexibility index (Phi) is 2.34. The first kappa shape index (κ1) is 9.35. The van der Waals surface area contributed by atoms with Gasteiger partial charge >= 0.3 is 0 Å². The molecule has 1 aromatic rings. The van der Waals surface area contributed by atoms with Gasteiger partial charge in [-0.15, -0.1) is 0 Å². The monoisotopic (exact) mass is 253 g/mol. The Morgan fingerprint density at radius 1 is 1.36 bits per heavy atom. The molecule has 0 unspecified atom stereocenters. The molecule has 1 aliphatic heterocycles. The van der Waals surface area contributed by atoms with Crippen LogP contribution in [0.2, 0.25) is 0 Å². The molecule has 1 aromatic carbocycles. The fourth-order valence-corrected chi connectivity index (χ4v) is 1.94. The van der Waals surface area contributed by atoms with E-state index in [1.807, 2.05) is 6.92 Å². The third-order valence-corrected chi connectivity index (χ3v) is 2.72. The predicted octanol–water partition coefficient (Wildman–Crippen LogP) is 2.40. The number of hydrogen-bond acceptors (Lipinski definition) is 3. The highest BCUT2D eigenvalue weighted by atomic mass is 79.9. The molecule has 0 radical (unpaired) electrons. The molecule has 3 nitrogen and oxygen atoms in total. The van der Waals surface area contributed by atoms with Gasteiger partial charge in [-0.3, -0.25) is 0 Å². The van der Waals surface area contributed by atoms with E-state index < -0.39 is 0 Å². The first-order chi connectivity index (χ1) is 6.74. The van der Waals surface area contributed by atoms with Crippen molar-refractivity contribution in [2.45, 2.75) is 6.92 Å². The lowest BCUT2D eigenvalue weighted by atomic mass is 10.1. The minimum atomic E-state index is 0.537. The van der Waals surface area contributed by atoms with Crippen LogP contribution >= 0.6 is 15.9 Å². The van der Waals surface area contributed by atoms with Crippen molar-refractivity contribution < 1.29 is 9.47 Å². The number of ether oxygens (including phenoxy) is 2. The summed E-state index contributed by atoms with van der Waals surface area (Å²) >= 11 is 3.35. The highest BCUT2D eigenvalue weighted by molar-refractivity contribution is 9.10. The van der Waals surface area contributed by atoms with Crippen molar-refractivity contribution in [3.8, 4) is 17.6 Å². The Morgan fingerprint density at radius 2 is 2.00 bits per heavy atom. The van der Waals surface area contributed by atoms with Crippen LogP contribution in [0, 0.1) is 18.3 Å². The smallest absolute Gasteiger partial charge is 0.175 e. The molecule has 0 spiro atoms. The zero-order valence-corrected chi connectivity index (χ0v) is 9.22. The zero-order chi connectivity index (χ0) is 10.1. The highest BCUT2D eigenvalue weighted by Crippen LogP contribution is 2.41. The van der Waals surface area contributed by atoms with E-state index in [0.717, 1.165) is 10.0 Å². The fourth-order valence-electron chi connectivity index (χ4n) is 1.41. The average molecular weight is 254 g/mol. The lowest BCUT2D eigenvalue weighted by molar-refractivity contribution is 0.169. The van der Waals surface area contributed by atoms with Crippen LogP contribution in [0.4, 0.5) is 0 Å². The van der Waals surface area contributed by atoms with Crippen molar-refractivity contribution in [3.05, 3.63) is 21.7 Å². The van der Waals surface area contributed by atoms with Gasteiger partial charge in [0.15, 0.2) is 11.5 Å². The summed E-state index contributed by atoms with van der Waals surface area (Å²) in [5, 5.41) is 8.88. The standard InChI is InChI=1S/C10H8BrNO2/c1-6-7(5-12)4-8(11)10-9(6)13-2-3-14-10/h4H,2-3H2,1H3. The fraction of sp³-hybridized carbons (Fsp3) is 0.300. The van der Waals surface area contributed by atoms with E-state index in [9.17, 15) is 0 Å². The van der Waals surface area contributed by atoms with E-state index in [4.69, 9.17) is 14.7 Å². The lowest BCUT2D eigenvalue weighted by Crippen LogP contribution is -2.16. The van der Waals surface area contributed by atoms with Crippen LogP contribution in [0.1, 0.15) is 11.1 Å². The quantitative estimate of drug-likeness (QED) is 0.713. The molecule has 1 heterocycles. The third-order valence-electron chi connectivity index (χ3n) is 2.14. The summed E-state index contributed by atoms with van der Waals surface area (Å²) in [6, 6.07) is 3.87. The van der Waals surface area contributed by atoms with Gasteiger partial charge in [0.05, 0.1) is 16.1 Å². The molecular formula is C10H8BrNO2. The predicted molar refractivity (Wildman–Crippen MR) is 54.6 cm³/mol. The van der Waals surface area contributed by atoms with Gasteiger partial charge in [-0.25, -0.2) is 0 Å². The van der Waals surface area contributed by atoms with Crippen LogP contribution in [0.15, 0.2) is 10.5 Å². The van der Waals surface area contributed by atoms with Gasteiger partial charge in [0.2, 0.25) is 0 Å². The maximum absolute atomic E-state index is 8.88. The van der Waals surface area contributed by atoms with Crippen molar-refractivity contribution in [1.29, 1.82) is 5.26 Å². The first-order valence-corrected chi connectivity index (χ1v) is 5.02. The summed E-state index contributed by atoms with van der Waals surface area (Å²) in [6.07, 6.45) is 0. The summed E-state index contributed by atoms with van der Waals surface area (Å²) in [6.45, 7) is 2.95. The molecule has 0 fully saturated rings. The SMILES string of the molecule is Cc1c(C#N)cc(Br)c2c1OCCO2. The Bertz CT molecular complexity index is 419. The van der Waals surface area contributed by atoms with E-state index in [1.54, 1.807) is 6.07 Å². The van der Waals surface area contributed by atoms with Gasteiger partial charge in [0, 0.05) is 5.56 Å². The van der Waals surface area contributed by atoms with Crippen molar-refractivity contribution in [2.24, 2.45) is 0 Å². The normalized spacial score (nSPS) is 13.5. The highest BCUT2D eigenvalue weighted by Gasteiger charge is 2.20. The number of hydrogen-bond donors (Lipinski definition) is 0. The molecule has 72 valence electrons. The number of nitriles is 1. The van der Waals surface area contributed by atoms with Crippen LogP contribution < -0.4 is 9.47 Å². The van der Waals surface area contributed by atoms with E-state index in [2.05, 4.69) is 22.0 Å². The Balaban J connectivity index is 2.66. The van der Waals surface area contributed by atoms with Gasteiger partial charge in [-0.05, 0) is 28.9 Å². The van der Waals surface area contributed by atoms with Crippen molar-refractivity contribution in [3.63, 3.8) is 0 Å². The second-order valence-corrected chi connectivity index (χ2v) is 3.85. The topological polar surface area (TPSA) is 42.2 Å². The molecule has 14 heavy (non-hydrogen) atoms. The molecule has 4 heteroatoms. The van der Waals surface area contributed by atoms with Gasteiger partial charge in [0.1, 0.15) is 13.2 Å². The second-order valence-electron chi connectivity index (χ2n) is 3.00. The molecule has 0 aliphatic carbocycles. The van der Waals surface area contributed by atoms with Crippen LogP contribution in [0.25, 0.3) is 0 Å². The third kappa shape index (κ3) is 1.34. The van der Waals surface area contributed by atoms with E-state index >= 15 is 0 Å². The molecule has 1 aliphatic rings. The van der Waals surface area contributed by atoms with Crippen molar-refractivity contribution in [1.82, 2.24) is 0 Å². The van der Waals surface area contributed by atoms with E-state index in [0.29, 0.717) is 30.3 Å². The number of fused-ring (bicyclic) bond motifs is 1. The van der Waals surface area contributed by atoms with Crippen LogP contribution in [-0.2, 0) is 0 Å². The van der Waals surface area contributed by atoms with Crippen LogP contribution in [0.5, 0.6) is 11.5 Å². The van der Waals surface area contributed by atoms with Gasteiger partial charge in [-0.1, -0.05) is 0 Å². The van der Waals surface area contributed by atoms with E-state index in [1.165, 1.54) is 0 Å². The molecule has 0 N–H and O–H groups in total. The minimum Gasteiger partial charge on any atom is -0.486 e. The lowest BCUT2D eigenvalue weighted by Gasteiger charge is -2.21. The summed E-state index contributed by atoms with van der Waals surface area (Å²) in [7, 11) is 0. The second kappa shape index (κ2) is 3.50. The molecule has 0 saturated carbocycles. The average Bonchev–Trinajstić information content (AvgIpc) is 2.23. The number of halogens is 1. The maximum Gasteiger partial charge on any atom is 0.175 e. The largest absolute Gasteiger partial charge is 0.486 e. The first-order valence-electron chi connectivity index (χ1n) is 4.23. The van der Waals surface area contributed by atoms with Crippen LogP contribution in [-0.4, -0.2) is 13.2 Å². The number of nitrogens with zero attached hydrogens (tertiary/aromatic N) is 1. The van der Waals surface area contributed by atoms with Crippen molar-refractivity contribution in [2.75, 3.05) is 13.2 Å². The molecular weight excluding hydrogens is 246 g/mol. The molecule has 0 amide bonds. The summed E-state index contributed by atoms with van der Waals surface area (Å²) in [5.74, 6) is 1.38. The van der Waals surface area contributed by atoms with Crippen molar-refractivity contribution >= 4 is 15.9 Å². The molecule has 0 saturated heterocycles. The maximum atomic E-state index is 8.88. The van der Waals surface area contributed by atoms with E-state index in [-0.39, 0.29) is 0 Å². The van der Waals surface area contributed by atoms with Gasteiger partial charge in [0.25, 0.3) is 0 Å². The molecule has 2 rings (SSSR count). The van der Waals surface area contributed by atoms with Crippen LogP contribution in [0.3, 0.4) is 0 Å². The zero-order valence-electron chi connectivity index (χ0n) is 7.63. The molecule has 0 bridgehead atoms. The Morgan fingerprint density at radius 3 is 2.64 bits per heavy atom. The molecule has 0 atom stereocenters. The summed E-state index contributed by atoms with van der Waals surface area (Å²) in [5.41, 5.74) is 1.45. The summed E-state index contributed by atoms with van der Waals surface area (Å²) in [4.78, 5) is 0. The van der Waals surface area contributed by atoms with Gasteiger partial charge in [-0.2, -0.15) is 5.26 Å². The summed E-state index contributed by atoms with van der Waals surface area (Å²) < 4.78 is 11.7. The minimum absolute atomic E-state index is 0.537. The number of benzene rings is 1. The van der Waals surface area contributed by atoms with Gasteiger partial charge < -0.3 is 9.47 Å². The Hall–Kier alpha value is -1.21. The number of rotatable bonds is 0. The Labute approximate surface area is 90.4 Å².